The first-order valence-electron chi connectivity index (χ1n) is 5.98. The van der Waals surface area contributed by atoms with Gasteiger partial charge in [-0.1, -0.05) is 0 Å². The minimum atomic E-state index is -0.546. The molecule has 0 aliphatic carbocycles. The normalized spacial score (nSPS) is 27.0. The molecular weight excluding hydrogens is 226 g/mol. The smallest absolute Gasteiger partial charge is 0.143 e. The highest BCUT2D eigenvalue weighted by Crippen LogP contribution is 2.20. The second-order valence-electron chi connectivity index (χ2n) is 4.40. The van der Waals surface area contributed by atoms with E-state index in [4.69, 9.17) is 14.6 Å². The van der Waals surface area contributed by atoms with Crippen molar-refractivity contribution in [3.63, 3.8) is 0 Å². The second-order valence-corrected chi connectivity index (χ2v) is 4.40. The van der Waals surface area contributed by atoms with Gasteiger partial charge in [0.15, 0.2) is 0 Å². The van der Waals surface area contributed by atoms with Crippen molar-refractivity contribution in [2.45, 2.75) is 44.7 Å². The van der Waals surface area contributed by atoms with Crippen molar-refractivity contribution < 1.29 is 24.8 Å². The maximum absolute atomic E-state index is 9.81. The molecule has 6 heteroatoms. The summed E-state index contributed by atoms with van der Waals surface area (Å²) in [5.74, 6) is 0. The lowest BCUT2D eigenvalue weighted by molar-refractivity contribution is -0.0845. The summed E-state index contributed by atoms with van der Waals surface area (Å²) in [5.41, 5.74) is 0. The van der Waals surface area contributed by atoms with Gasteiger partial charge in [0.2, 0.25) is 0 Å². The highest BCUT2D eigenvalue weighted by atomic mass is 16.6. The van der Waals surface area contributed by atoms with E-state index in [1.165, 1.54) is 0 Å². The van der Waals surface area contributed by atoms with Crippen molar-refractivity contribution in [2.24, 2.45) is 0 Å². The molecule has 3 unspecified atom stereocenters. The summed E-state index contributed by atoms with van der Waals surface area (Å²) >= 11 is 0. The molecule has 0 aromatic heterocycles. The SMILES string of the molecule is CC(O)C(C[C@@H](C)OCO)N1CCOC1CO. The lowest BCUT2D eigenvalue weighted by Crippen LogP contribution is -2.48. The first kappa shape index (κ1) is 14.8. The third-order valence-corrected chi connectivity index (χ3v) is 3.10. The molecule has 1 heterocycles. The molecule has 17 heavy (non-hydrogen) atoms. The highest BCUT2D eigenvalue weighted by molar-refractivity contribution is 4.83. The Morgan fingerprint density at radius 2 is 2.12 bits per heavy atom. The summed E-state index contributed by atoms with van der Waals surface area (Å²) in [7, 11) is 0. The Kier molecular flexibility index (Phi) is 6.32. The third-order valence-electron chi connectivity index (χ3n) is 3.10. The number of aliphatic hydroxyl groups is 3. The van der Waals surface area contributed by atoms with Crippen LogP contribution < -0.4 is 0 Å². The van der Waals surface area contributed by atoms with Crippen LogP contribution in [0.25, 0.3) is 0 Å². The van der Waals surface area contributed by atoms with Gasteiger partial charge in [-0.2, -0.15) is 0 Å². The van der Waals surface area contributed by atoms with Crippen LogP contribution in [0.5, 0.6) is 0 Å². The average Bonchev–Trinajstić information content (AvgIpc) is 2.73. The molecule has 0 amide bonds. The Morgan fingerprint density at radius 1 is 1.41 bits per heavy atom. The van der Waals surface area contributed by atoms with Crippen LogP contribution in [0.1, 0.15) is 20.3 Å². The Morgan fingerprint density at radius 3 is 2.65 bits per heavy atom. The molecule has 3 N–H and O–H groups in total. The Hall–Kier alpha value is -0.240. The van der Waals surface area contributed by atoms with E-state index in [1.807, 2.05) is 11.8 Å². The predicted octanol–water partition coefficient (Wildman–Crippen LogP) is -0.869. The van der Waals surface area contributed by atoms with E-state index in [0.717, 1.165) is 0 Å². The number of hydrogen-bond donors (Lipinski definition) is 3. The van der Waals surface area contributed by atoms with Gasteiger partial charge in [-0.25, -0.2) is 0 Å². The standard InChI is InChI=1S/C11H23NO5/c1-8(17-7-14)5-10(9(2)15)12-3-4-16-11(12)6-13/h8-11,13-15H,3-7H2,1-2H3/t8-,9?,10?,11?/m1/s1. The lowest BCUT2D eigenvalue weighted by atomic mass is 10.0. The van der Waals surface area contributed by atoms with Crippen LogP contribution in [0.3, 0.4) is 0 Å². The number of aliphatic hydroxyl groups excluding tert-OH is 3. The minimum absolute atomic E-state index is 0.0849. The van der Waals surface area contributed by atoms with Crippen LogP contribution in [0, 0.1) is 0 Å². The maximum Gasteiger partial charge on any atom is 0.143 e. The van der Waals surface area contributed by atoms with Gasteiger partial charge in [-0.3, -0.25) is 4.90 Å². The molecule has 102 valence electrons. The fraction of sp³-hybridized carbons (Fsp3) is 1.00. The molecule has 0 saturated carbocycles. The predicted molar refractivity (Wildman–Crippen MR) is 61.3 cm³/mol. The fourth-order valence-corrected chi connectivity index (χ4v) is 2.22. The number of nitrogens with zero attached hydrogens (tertiary/aromatic N) is 1. The molecule has 1 rings (SSSR count). The van der Waals surface area contributed by atoms with Gasteiger partial charge in [0.25, 0.3) is 0 Å². The zero-order valence-electron chi connectivity index (χ0n) is 10.5. The van der Waals surface area contributed by atoms with Crippen LogP contribution in [0.2, 0.25) is 0 Å². The van der Waals surface area contributed by atoms with Crippen LogP contribution in [0.15, 0.2) is 0 Å². The van der Waals surface area contributed by atoms with Crippen LogP contribution in [-0.4, -0.2) is 71.2 Å². The fourth-order valence-electron chi connectivity index (χ4n) is 2.22. The zero-order chi connectivity index (χ0) is 12.8. The topological polar surface area (TPSA) is 82.4 Å². The molecule has 1 aliphatic rings. The summed E-state index contributed by atoms with van der Waals surface area (Å²) in [4.78, 5) is 1.95. The first-order chi connectivity index (χ1) is 8.10. The minimum Gasteiger partial charge on any atom is -0.392 e. The van der Waals surface area contributed by atoms with Gasteiger partial charge < -0.3 is 24.8 Å². The Bertz CT molecular complexity index is 214. The number of ether oxygens (including phenoxy) is 2. The van der Waals surface area contributed by atoms with E-state index in [1.54, 1.807) is 6.92 Å². The van der Waals surface area contributed by atoms with Crippen molar-refractivity contribution in [3.05, 3.63) is 0 Å². The molecular formula is C11H23NO5. The Balaban J connectivity index is 2.58. The number of hydrogen-bond acceptors (Lipinski definition) is 6. The van der Waals surface area contributed by atoms with Gasteiger partial charge >= 0.3 is 0 Å². The summed E-state index contributed by atoms with van der Waals surface area (Å²) < 4.78 is 10.4. The van der Waals surface area contributed by atoms with E-state index in [9.17, 15) is 10.2 Å². The van der Waals surface area contributed by atoms with Gasteiger partial charge in [0, 0.05) is 12.6 Å². The average molecular weight is 249 g/mol. The van der Waals surface area contributed by atoms with Crippen LogP contribution >= 0.6 is 0 Å². The monoisotopic (exact) mass is 249 g/mol. The molecule has 1 fully saturated rings. The molecule has 0 aromatic rings. The highest BCUT2D eigenvalue weighted by Gasteiger charge is 2.34. The van der Waals surface area contributed by atoms with Gasteiger partial charge in [-0.05, 0) is 20.3 Å². The molecule has 0 spiro atoms. The van der Waals surface area contributed by atoms with Crippen molar-refractivity contribution in [1.82, 2.24) is 4.90 Å². The molecule has 0 aromatic carbocycles. The van der Waals surface area contributed by atoms with E-state index in [-0.39, 0.29) is 31.8 Å². The van der Waals surface area contributed by atoms with Crippen molar-refractivity contribution >= 4 is 0 Å². The molecule has 6 nitrogen and oxygen atoms in total. The summed E-state index contributed by atoms with van der Waals surface area (Å²) in [5, 5.41) is 27.7. The molecule has 0 bridgehead atoms. The number of rotatable bonds is 7. The van der Waals surface area contributed by atoms with Gasteiger partial charge in [-0.15, -0.1) is 0 Å². The molecule has 0 radical (unpaired) electrons. The third kappa shape index (κ3) is 4.17. The molecule has 4 atom stereocenters. The second kappa shape index (κ2) is 7.25. The van der Waals surface area contributed by atoms with E-state index >= 15 is 0 Å². The summed E-state index contributed by atoms with van der Waals surface area (Å²) in [6.07, 6.45) is -0.469. The van der Waals surface area contributed by atoms with Gasteiger partial charge in [0.1, 0.15) is 13.0 Å². The zero-order valence-corrected chi connectivity index (χ0v) is 10.5. The largest absolute Gasteiger partial charge is 0.392 e. The van der Waals surface area contributed by atoms with Crippen molar-refractivity contribution in [3.8, 4) is 0 Å². The van der Waals surface area contributed by atoms with Gasteiger partial charge in [0.05, 0.1) is 25.4 Å². The molecule has 1 saturated heterocycles. The van der Waals surface area contributed by atoms with E-state index in [0.29, 0.717) is 19.6 Å². The van der Waals surface area contributed by atoms with Crippen molar-refractivity contribution in [2.75, 3.05) is 26.6 Å². The Labute approximate surface area is 102 Å². The van der Waals surface area contributed by atoms with E-state index < -0.39 is 6.10 Å². The van der Waals surface area contributed by atoms with E-state index in [2.05, 4.69) is 0 Å². The molecule has 1 aliphatic heterocycles. The maximum atomic E-state index is 9.81. The summed E-state index contributed by atoms with van der Waals surface area (Å²) in [6.45, 7) is 4.39. The summed E-state index contributed by atoms with van der Waals surface area (Å²) in [6, 6.07) is -0.142. The van der Waals surface area contributed by atoms with Crippen LogP contribution in [-0.2, 0) is 9.47 Å². The lowest BCUT2D eigenvalue weighted by Gasteiger charge is -2.34. The van der Waals surface area contributed by atoms with Crippen LogP contribution in [0.4, 0.5) is 0 Å². The first-order valence-corrected chi connectivity index (χ1v) is 5.98. The quantitative estimate of drug-likeness (QED) is 0.509. The van der Waals surface area contributed by atoms with Crippen molar-refractivity contribution in [1.29, 1.82) is 0 Å².